The summed E-state index contributed by atoms with van der Waals surface area (Å²) >= 11 is 0. The lowest BCUT2D eigenvalue weighted by molar-refractivity contribution is 0.0529. The van der Waals surface area contributed by atoms with Gasteiger partial charge in [0.05, 0.1) is 18.4 Å². The molecule has 3 heterocycles. The number of carbonyl (C=O) groups is 1. The number of amides is 1. The van der Waals surface area contributed by atoms with E-state index in [9.17, 15) is 4.79 Å². The fraction of sp³-hybridized carbons (Fsp3) is 0.800. The molecule has 1 aromatic heterocycles. The Balaban J connectivity index is 1.26. The number of aromatic nitrogens is 1. The highest BCUT2D eigenvalue weighted by atomic mass is 16.5. The molecule has 1 amide bonds. The maximum atomic E-state index is 12.7. The van der Waals surface area contributed by atoms with Crippen LogP contribution in [0.15, 0.2) is 17.0 Å². The summed E-state index contributed by atoms with van der Waals surface area (Å²) in [6.07, 6.45) is 9.53. The van der Waals surface area contributed by atoms with Crippen molar-refractivity contribution in [3.8, 4) is 0 Å². The summed E-state index contributed by atoms with van der Waals surface area (Å²) in [6, 6.07) is 0. The maximum Gasteiger partial charge on any atom is 0.258 e. The SMILES string of the molecule is O=C(c1cnoc1)N1CC[C@@]2(CN(CC3CC3)C[C@@H]2COCC2CC2)C1. The lowest BCUT2D eigenvalue weighted by Crippen LogP contribution is -2.38. The predicted octanol–water partition coefficient (Wildman–Crippen LogP) is 2.28. The molecule has 6 heteroatoms. The summed E-state index contributed by atoms with van der Waals surface area (Å²) in [6.45, 7) is 6.95. The third-order valence-corrected chi connectivity index (χ3v) is 6.82. The number of hydrogen-bond donors (Lipinski definition) is 0. The van der Waals surface area contributed by atoms with Crippen LogP contribution in [-0.4, -0.2) is 66.8 Å². The highest BCUT2D eigenvalue weighted by molar-refractivity contribution is 5.93. The molecule has 0 N–H and O–H groups in total. The number of hydrogen-bond acceptors (Lipinski definition) is 5. The number of likely N-dealkylation sites (tertiary alicyclic amines) is 2. The Labute approximate surface area is 154 Å². The Morgan fingerprint density at radius 2 is 2.08 bits per heavy atom. The van der Waals surface area contributed by atoms with Crippen molar-refractivity contribution in [2.24, 2.45) is 23.2 Å². The fourth-order valence-electron chi connectivity index (χ4n) is 4.86. The van der Waals surface area contributed by atoms with Gasteiger partial charge in [0, 0.05) is 50.7 Å². The monoisotopic (exact) mass is 359 g/mol. The molecule has 0 unspecified atom stereocenters. The van der Waals surface area contributed by atoms with E-state index in [4.69, 9.17) is 9.26 Å². The minimum atomic E-state index is 0.0569. The molecule has 0 bridgehead atoms. The Morgan fingerprint density at radius 3 is 2.81 bits per heavy atom. The minimum Gasteiger partial charge on any atom is -0.381 e. The van der Waals surface area contributed by atoms with E-state index < -0.39 is 0 Å². The van der Waals surface area contributed by atoms with E-state index in [1.54, 1.807) is 0 Å². The van der Waals surface area contributed by atoms with Gasteiger partial charge in [0.2, 0.25) is 0 Å². The van der Waals surface area contributed by atoms with Crippen molar-refractivity contribution in [1.29, 1.82) is 0 Å². The van der Waals surface area contributed by atoms with Crippen molar-refractivity contribution in [1.82, 2.24) is 15.0 Å². The molecule has 6 nitrogen and oxygen atoms in total. The zero-order chi connectivity index (χ0) is 17.6. The van der Waals surface area contributed by atoms with Crippen LogP contribution in [0.25, 0.3) is 0 Å². The van der Waals surface area contributed by atoms with Crippen molar-refractivity contribution < 1.29 is 14.1 Å². The molecule has 5 rings (SSSR count). The van der Waals surface area contributed by atoms with Crippen LogP contribution in [0.4, 0.5) is 0 Å². The molecule has 2 saturated carbocycles. The predicted molar refractivity (Wildman–Crippen MR) is 95.7 cm³/mol. The van der Waals surface area contributed by atoms with Crippen LogP contribution in [0.3, 0.4) is 0 Å². The lowest BCUT2D eigenvalue weighted by atomic mass is 9.77. The molecule has 0 radical (unpaired) electrons. The van der Waals surface area contributed by atoms with Crippen molar-refractivity contribution in [2.45, 2.75) is 32.1 Å². The third kappa shape index (κ3) is 3.41. The van der Waals surface area contributed by atoms with Gasteiger partial charge in [-0.1, -0.05) is 5.16 Å². The van der Waals surface area contributed by atoms with E-state index in [-0.39, 0.29) is 11.3 Å². The molecule has 4 aliphatic rings. The van der Waals surface area contributed by atoms with Crippen LogP contribution >= 0.6 is 0 Å². The second-order valence-electron chi connectivity index (χ2n) is 9.07. The smallest absolute Gasteiger partial charge is 0.258 e. The van der Waals surface area contributed by atoms with Gasteiger partial charge >= 0.3 is 0 Å². The Bertz CT molecular complexity index is 641. The number of nitrogens with zero attached hydrogens (tertiary/aromatic N) is 3. The van der Waals surface area contributed by atoms with Gasteiger partial charge in [-0.25, -0.2) is 0 Å². The molecular weight excluding hydrogens is 330 g/mol. The number of rotatable bonds is 7. The van der Waals surface area contributed by atoms with Gasteiger partial charge in [-0.15, -0.1) is 0 Å². The van der Waals surface area contributed by atoms with E-state index in [1.807, 2.05) is 4.90 Å². The molecule has 1 spiro atoms. The molecule has 2 aliphatic carbocycles. The van der Waals surface area contributed by atoms with Crippen LogP contribution < -0.4 is 0 Å². The summed E-state index contributed by atoms with van der Waals surface area (Å²) in [7, 11) is 0. The second kappa shape index (κ2) is 6.64. The zero-order valence-corrected chi connectivity index (χ0v) is 15.4. The summed E-state index contributed by atoms with van der Waals surface area (Å²) < 4.78 is 11.0. The molecular formula is C20H29N3O3. The van der Waals surface area contributed by atoms with Crippen molar-refractivity contribution in [3.05, 3.63) is 18.0 Å². The van der Waals surface area contributed by atoms with E-state index in [2.05, 4.69) is 10.1 Å². The minimum absolute atomic E-state index is 0.0569. The first-order valence-electron chi connectivity index (χ1n) is 10.2. The molecule has 142 valence electrons. The Hall–Kier alpha value is -1.40. The Kier molecular flexibility index (Phi) is 4.28. The van der Waals surface area contributed by atoms with Crippen LogP contribution in [0, 0.1) is 23.2 Å². The van der Waals surface area contributed by atoms with Crippen LogP contribution in [0.1, 0.15) is 42.5 Å². The summed E-state index contributed by atoms with van der Waals surface area (Å²) in [4.78, 5) is 17.4. The fourth-order valence-corrected chi connectivity index (χ4v) is 4.86. The average molecular weight is 359 g/mol. The van der Waals surface area contributed by atoms with Gasteiger partial charge in [0.1, 0.15) is 6.26 Å². The van der Waals surface area contributed by atoms with Gasteiger partial charge in [-0.3, -0.25) is 4.79 Å². The standard InChI is InChI=1S/C20H29N3O3/c24-19(17-7-21-26-11-17)23-6-5-20(14-23)13-22(8-15-1-2-15)9-18(20)12-25-10-16-3-4-16/h7,11,15-16,18H,1-6,8-10,12-14H2/t18-,20-/m1/s1. The molecule has 0 aromatic carbocycles. The van der Waals surface area contributed by atoms with E-state index in [0.717, 1.165) is 57.6 Å². The average Bonchev–Trinajstić information content (AvgIpc) is 3.49. The molecule has 2 aliphatic heterocycles. The van der Waals surface area contributed by atoms with E-state index >= 15 is 0 Å². The van der Waals surface area contributed by atoms with Crippen LogP contribution in [-0.2, 0) is 4.74 Å². The molecule has 2 saturated heterocycles. The number of carbonyl (C=O) groups excluding carboxylic acids is 1. The second-order valence-corrected chi connectivity index (χ2v) is 9.07. The van der Waals surface area contributed by atoms with Crippen molar-refractivity contribution in [2.75, 3.05) is 45.9 Å². The van der Waals surface area contributed by atoms with Gasteiger partial charge < -0.3 is 19.1 Å². The van der Waals surface area contributed by atoms with Crippen LogP contribution in [0.2, 0.25) is 0 Å². The topological polar surface area (TPSA) is 58.8 Å². The first-order valence-corrected chi connectivity index (χ1v) is 10.2. The largest absolute Gasteiger partial charge is 0.381 e. The zero-order valence-electron chi connectivity index (χ0n) is 15.4. The summed E-state index contributed by atoms with van der Waals surface area (Å²) in [5, 5.41) is 3.68. The highest BCUT2D eigenvalue weighted by Gasteiger charge is 2.51. The van der Waals surface area contributed by atoms with Gasteiger partial charge in [0.25, 0.3) is 5.91 Å². The van der Waals surface area contributed by atoms with Crippen LogP contribution in [0.5, 0.6) is 0 Å². The maximum absolute atomic E-state index is 12.7. The van der Waals surface area contributed by atoms with Gasteiger partial charge in [0.15, 0.2) is 0 Å². The molecule has 2 atom stereocenters. The molecule has 4 fully saturated rings. The summed E-state index contributed by atoms with van der Waals surface area (Å²) in [5.41, 5.74) is 0.766. The van der Waals surface area contributed by atoms with Gasteiger partial charge in [-0.05, 0) is 43.9 Å². The van der Waals surface area contributed by atoms with Crippen molar-refractivity contribution >= 4 is 5.91 Å². The van der Waals surface area contributed by atoms with E-state index in [1.165, 1.54) is 44.7 Å². The molecule has 1 aromatic rings. The lowest BCUT2D eigenvalue weighted by Gasteiger charge is -2.30. The first-order chi connectivity index (χ1) is 12.7. The van der Waals surface area contributed by atoms with Crippen molar-refractivity contribution in [3.63, 3.8) is 0 Å². The molecule has 26 heavy (non-hydrogen) atoms. The van der Waals surface area contributed by atoms with Gasteiger partial charge in [-0.2, -0.15) is 0 Å². The number of ether oxygens (including phenoxy) is 1. The summed E-state index contributed by atoms with van der Waals surface area (Å²) in [5.74, 6) is 2.32. The quantitative estimate of drug-likeness (QED) is 0.747. The van der Waals surface area contributed by atoms with E-state index in [0.29, 0.717) is 11.5 Å². The Morgan fingerprint density at radius 1 is 1.23 bits per heavy atom. The normalized spacial score (nSPS) is 32.0. The third-order valence-electron chi connectivity index (χ3n) is 6.82. The first kappa shape index (κ1) is 16.8. The highest BCUT2D eigenvalue weighted by Crippen LogP contribution is 2.46.